The molecular formula is C19H22N6. The Morgan fingerprint density at radius 2 is 1.92 bits per heavy atom. The predicted octanol–water partition coefficient (Wildman–Crippen LogP) is 2.28. The maximum Gasteiger partial charge on any atom is 0.147 e. The first-order valence-corrected chi connectivity index (χ1v) is 9.06. The van der Waals surface area contributed by atoms with Gasteiger partial charge in [0.1, 0.15) is 11.6 Å². The van der Waals surface area contributed by atoms with E-state index < -0.39 is 0 Å². The molecule has 0 fully saturated rings. The molecule has 0 spiro atoms. The molecule has 0 radical (unpaired) electrons. The number of fused-ring (bicyclic) bond motifs is 2. The number of hydrogen-bond donors (Lipinski definition) is 0. The highest BCUT2D eigenvalue weighted by atomic mass is 15.3. The lowest BCUT2D eigenvalue weighted by molar-refractivity contribution is 0.204. The summed E-state index contributed by atoms with van der Waals surface area (Å²) in [4.78, 5) is 2.44. The normalized spacial score (nSPS) is 16.8. The average Bonchev–Trinajstić information content (AvgIpc) is 3.33. The van der Waals surface area contributed by atoms with E-state index >= 15 is 0 Å². The summed E-state index contributed by atoms with van der Waals surface area (Å²) in [5.41, 5.74) is 5.27. The Morgan fingerprint density at radius 3 is 2.80 bits per heavy atom. The van der Waals surface area contributed by atoms with Crippen molar-refractivity contribution in [2.24, 2.45) is 0 Å². The zero-order valence-corrected chi connectivity index (χ0v) is 14.5. The Balaban J connectivity index is 1.44. The molecule has 6 heteroatoms. The molecule has 0 amide bonds. The molecule has 0 saturated carbocycles. The van der Waals surface area contributed by atoms with Crippen LogP contribution in [0.5, 0.6) is 0 Å². The SMILES string of the molecule is Cc1nnc2n1CCN(Cc1nn(-c3ccccc3)c3c1CCC3)C2. The van der Waals surface area contributed by atoms with E-state index in [-0.39, 0.29) is 0 Å². The van der Waals surface area contributed by atoms with E-state index in [4.69, 9.17) is 5.10 Å². The monoisotopic (exact) mass is 334 g/mol. The zero-order chi connectivity index (χ0) is 16.8. The molecule has 1 aliphatic heterocycles. The fourth-order valence-corrected chi connectivity index (χ4v) is 4.12. The summed E-state index contributed by atoms with van der Waals surface area (Å²) in [7, 11) is 0. The standard InChI is InChI=1S/C19H22N6/c1-14-20-21-19-13-23(10-11-24(14)19)12-17-16-8-5-9-18(16)25(22-17)15-6-3-2-4-7-15/h2-4,6-7H,5,8-13H2,1H3. The fourth-order valence-electron chi connectivity index (χ4n) is 4.12. The summed E-state index contributed by atoms with van der Waals surface area (Å²) in [6.07, 6.45) is 3.52. The van der Waals surface area contributed by atoms with E-state index in [1.165, 1.54) is 29.1 Å². The molecule has 3 heterocycles. The van der Waals surface area contributed by atoms with E-state index in [1.54, 1.807) is 0 Å². The summed E-state index contributed by atoms with van der Waals surface area (Å²) in [5, 5.41) is 13.5. The number of aromatic nitrogens is 5. The van der Waals surface area contributed by atoms with Crippen LogP contribution in [0.4, 0.5) is 0 Å². The summed E-state index contributed by atoms with van der Waals surface area (Å²) in [5.74, 6) is 2.09. The lowest BCUT2D eigenvalue weighted by Gasteiger charge is -2.27. The minimum Gasteiger partial charge on any atom is -0.313 e. The second-order valence-corrected chi connectivity index (χ2v) is 7.00. The lowest BCUT2D eigenvalue weighted by Crippen LogP contribution is -2.34. The first kappa shape index (κ1) is 14.8. The maximum atomic E-state index is 4.99. The quantitative estimate of drug-likeness (QED) is 0.737. The molecule has 1 aromatic carbocycles. The van der Waals surface area contributed by atoms with Crippen LogP contribution in [0.3, 0.4) is 0 Å². The van der Waals surface area contributed by atoms with Crippen molar-refractivity contribution in [3.63, 3.8) is 0 Å². The van der Waals surface area contributed by atoms with Crippen molar-refractivity contribution >= 4 is 0 Å². The van der Waals surface area contributed by atoms with Crippen molar-refractivity contribution in [2.45, 2.75) is 45.8 Å². The number of benzene rings is 1. The third kappa shape index (κ3) is 2.48. The van der Waals surface area contributed by atoms with Gasteiger partial charge in [0.2, 0.25) is 0 Å². The largest absolute Gasteiger partial charge is 0.313 e. The molecule has 0 bridgehead atoms. The van der Waals surface area contributed by atoms with Gasteiger partial charge in [-0.1, -0.05) is 18.2 Å². The van der Waals surface area contributed by atoms with Crippen LogP contribution >= 0.6 is 0 Å². The van der Waals surface area contributed by atoms with Crippen molar-refractivity contribution in [3.05, 3.63) is 58.9 Å². The lowest BCUT2D eigenvalue weighted by atomic mass is 10.2. The molecule has 2 aromatic heterocycles. The number of rotatable bonds is 3. The summed E-state index contributed by atoms with van der Waals surface area (Å²) < 4.78 is 4.39. The number of para-hydroxylation sites is 1. The van der Waals surface area contributed by atoms with Gasteiger partial charge in [-0.3, -0.25) is 4.90 Å². The molecule has 25 heavy (non-hydrogen) atoms. The molecular weight excluding hydrogens is 312 g/mol. The maximum absolute atomic E-state index is 4.99. The van der Waals surface area contributed by atoms with Crippen LogP contribution < -0.4 is 0 Å². The summed E-state index contributed by atoms with van der Waals surface area (Å²) >= 11 is 0. The van der Waals surface area contributed by atoms with Gasteiger partial charge in [0.15, 0.2) is 0 Å². The zero-order valence-electron chi connectivity index (χ0n) is 14.5. The van der Waals surface area contributed by atoms with Crippen LogP contribution in [0.25, 0.3) is 5.69 Å². The van der Waals surface area contributed by atoms with Crippen LogP contribution in [0, 0.1) is 6.92 Å². The molecule has 0 unspecified atom stereocenters. The third-order valence-electron chi connectivity index (χ3n) is 5.40. The van der Waals surface area contributed by atoms with Gasteiger partial charge in [0, 0.05) is 25.3 Å². The van der Waals surface area contributed by atoms with Gasteiger partial charge < -0.3 is 4.57 Å². The molecule has 6 nitrogen and oxygen atoms in total. The molecule has 1 aliphatic carbocycles. The van der Waals surface area contributed by atoms with E-state index in [9.17, 15) is 0 Å². The smallest absolute Gasteiger partial charge is 0.147 e. The van der Waals surface area contributed by atoms with Crippen molar-refractivity contribution < 1.29 is 0 Å². The number of aryl methyl sites for hydroxylation is 1. The Kier molecular flexibility index (Phi) is 3.45. The molecule has 128 valence electrons. The van der Waals surface area contributed by atoms with E-state index in [2.05, 4.69) is 54.7 Å². The average molecular weight is 334 g/mol. The van der Waals surface area contributed by atoms with Crippen LogP contribution in [0.15, 0.2) is 30.3 Å². The molecule has 0 saturated heterocycles. The fraction of sp³-hybridized carbons (Fsp3) is 0.421. The Morgan fingerprint density at radius 1 is 1.04 bits per heavy atom. The second kappa shape index (κ2) is 5.81. The van der Waals surface area contributed by atoms with Gasteiger partial charge in [-0.15, -0.1) is 10.2 Å². The Labute approximate surface area is 147 Å². The van der Waals surface area contributed by atoms with E-state index in [1.807, 2.05) is 6.92 Å². The van der Waals surface area contributed by atoms with Gasteiger partial charge in [-0.05, 0) is 43.9 Å². The van der Waals surface area contributed by atoms with Crippen molar-refractivity contribution in [3.8, 4) is 5.69 Å². The Bertz CT molecular complexity index is 908. The topological polar surface area (TPSA) is 51.8 Å². The molecule has 3 aromatic rings. The number of hydrogen-bond acceptors (Lipinski definition) is 4. The summed E-state index contributed by atoms with van der Waals surface area (Å²) in [6, 6.07) is 10.5. The minimum absolute atomic E-state index is 0.855. The molecule has 0 N–H and O–H groups in total. The van der Waals surface area contributed by atoms with Crippen molar-refractivity contribution in [2.75, 3.05) is 6.54 Å². The Hall–Kier alpha value is -2.47. The van der Waals surface area contributed by atoms with Gasteiger partial charge in [-0.2, -0.15) is 5.10 Å². The third-order valence-corrected chi connectivity index (χ3v) is 5.40. The molecule has 5 rings (SSSR count). The van der Waals surface area contributed by atoms with Crippen molar-refractivity contribution in [1.82, 2.24) is 29.4 Å². The highest BCUT2D eigenvalue weighted by Gasteiger charge is 2.26. The first-order valence-electron chi connectivity index (χ1n) is 9.06. The molecule has 0 atom stereocenters. The second-order valence-electron chi connectivity index (χ2n) is 7.00. The van der Waals surface area contributed by atoms with Gasteiger partial charge in [0.25, 0.3) is 0 Å². The molecule has 2 aliphatic rings. The van der Waals surface area contributed by atoms with E-state index in [0.717, 1.165) is 50.7 Å². The first-order chi connectivity index (χ1) is 12.3. The summed E-state index contributed by atoms with van der Waals surface area (Å²) in [6.45, 7) is 5.77. The van der Waals surface area contributed by atoms with Gasteiger partial charge in [-0.25, -0.2) is 4.68 Å². The van der Waals surface area contributed by atoms with E-state index in [0.29, 0.717) is 0 Å². The van der Waals surface area contributed by atoms with Crippen molar-refractivity contribution in [1.29, 1.82) is 0 Å². The minimum atomic E-state index is 0.855. The van der Waals surface area contributed by atoms with Crippen LogP contribution in [-0.2, 0) is 32.5 Å². The predicted molar refractivity (Wildman–Crippen MR) is 94.5 cm³/mol. The number of nitrogens with zero attached hydrogens (tertiary/aromatic N) is 6. The highest BCUT2D eigenvalue weighted by molar-refractivity contribution is 5.39. The highest BCUT2D eigenvalue weighted by Crippen LogP contribution is 2.29. The van der Waals surface area contributed by atoms with Crippen LogP contribution in [0.1, 0.15) is 35.0 Å². The van der Waals surface area contributed by atoms with Gasteiger partial charge in [0.05, 0.1) is 17.9 Å². The van der Waals surface area contributed by atoms with Gasteiger partial charge >= 0.3 is 0 Å². The van der Waals surface area contributed by atoms with Crippen LogP contribution in [0.2, 0.25) is 0 Å². The van der Waals surface area contributed by atoms with Crippen LogP contribution in [-0.4, -0.2) is 36.0 Å².